The summed E-state index contributed by atoms with van der Waals surface area (Å²) in [4.78, 5) is 8.32. The maximum absolute atomic E-state index is 5.65. The Kier molecular flexibility index (Phi) is 3.30. The van der Waals surface area contributed by atoms with Crippen LogP contribution < -0.4 is 11.1 Å². The molecule has 3 N–H and O–H groups in total. The van der Waals surface area contributed by atoms with Gasteiger partial charge in [0.15, 0.2) is 0 Å². The third kappa shape index (κ3) is 2.99. The minimum absolute atomic E-state index is 0.532. The molecule has 1 saturated heterocycles. The van der Waals surface area contributed by atoms with Gasteiger partial charge in [-0.2, -0.15) is 11.8 Å². The SMILES string of the molecule is Cc1nc(N)cc(NCC2CCCS2)n1. The Morgan fingerprint density at radius 2 is 2.47 bits per heavy atom. The summed E-state index contributed by atoms with van der Waals surface area (Å²) < 4.78 is 0. The van der Waals surface area contributed by atoms with E-state index in [1.165, 1.54) is 18.6 Å². The molecule has 0 amide bonds. The van der Waals surface area contributed by atoms with Crippen LogP contribution in [-0.4, -0.2) is 27.5 Å². The van der Waals surface area contributed by atoms with E-state index < -0.39 is 0 Å². The summed E-state index contributed by atoms with van der Waals surface area (Å²) in [7, 11) is 0. The lowest BCUT2D eigenvalue weighted by Crippen LogP contribution is -2.15. The van der Waals surface area contributed by atoms with Crippen LogP contribution in [0.15, 0.2) is 6.07 Å². The van der Waals surface area contributed by atoms with E-state index in [0.29, 0.717) is 5.82 Å². The smallest absolute Gasteiger partial charge is 0.131 e. The molecule has 1 aliphatic rings. The summed E-state index contributed by atoms with van der Waals surface area (Å²) in [5, 5.41) is 4.04. The quantitative estimate of drug-likeness (QED) is 0.817. The van der Waals surface area contributed by atoms with E-state index >= 15 is 0 Å². The van der Waals surface area contributed by atoms with Gasteiger partial charge in [-0.1, -0.05) is 0 Å². The van der Waals surface area contributed by atoms with Gasteiger partial charge in [-0.3, -0.25) is 0 Å². The Bertz CT molecular complexity index is 316. The van der Waals surface area contributed by atoms with Gasteiger partial charge < -0.3 is 11.1 Å². The Balaban J connectivity index is 1.92. The summed E-state index contributed by atoms with van der Waals surface area (Å²) in [6.45, 7) is 2.83. The Morgan fingerprint density at radius 3 is 3.13 bits per heavy atom. The van der Waals surface area contributed by atoms with Crippen molar-refractivity contribution in [3.8, 4) is 0 Å². The number of hydrogen-bond acceptors (Lipinski definition) is 5. The van der Waals surface area contributed by atoms with E-state index in [9.17, 15) is 0 Å². The summed E-state index contributed by atoms with van der Waals surface area (Å²) in [6, 6.07) is 1.78. The number of hydrogen-bond donors (Lipinski definition) is 2. The second kappa shape index (κ2) is 4.70. The van der Waals surface area contributed by atoms with Gasteiger partial charge >= 0.3 is 0 Å². The van der Waals surface area contributed by atoms with Crippen molar-refractivity contribution in [3.05, 3.63) is 11.9 Å². The van der Waals surface area contributed by atoms with Crippen LogP contribution in [0.3, 0.4) is 0 Å². The number of nitrogens with one attached hydrogen (secondary N) is 1. The molecule has 1 aromatic rings. The normalized spacial score (nSPS) is 20.5. The molecule has 0 aliphatic carbocycles. The zero-order valence-electron chi connectivity index (χ0n) is 8.86. The molecule has 1 aromatic heterocycles. The van der Waals surface area contributed by atoms with Crippen molar-refractivity contribution in [3.63, 3.8) is 0 Å². The Labute approximate surface area is 94.1 Å². The number of rotatable bonds is 3. The monoisotopic (exact) mass is 224 g/mol. The first kappa shape index (κ1) is 10.5. The first-order chi connectivity index (χ1) is 7.24. The van der Waals surface area contributed by atoms with Gasteiger partial charge in [-0.05, 0) is 25.5 Å². The lowest BCUT2D eigenvalue weighted by Gasteiger charge is -2.11. The Morgan fingerprint density at radius 1 is 1.60 bits per heavy atom. The van der Waals surface area contributed by atoms with Crippen molar-refractivity contribution in [2.75, 3.05) is 23.3 Å². The minimum atomic E-state index is 0.532. The molecule has 0 aromatic carbocycles. The van der Waals surface area contributed by atoms with E-state index in [1.54, 1.807) is 6.07 Å². The topological polar surface area (TPSA) is 63.8 Å². The lowest BCUT2D eigenvalue weighted by atomic mass is 10.2. The van der Waals surface area contributed by atoms with Crippen LogP contribution in [0.1, 0.15) is 18.7 Å². The van der Waals surface area contributed by atoms with Gasteiger partial charge in [0.1, 0.15) is 17.5 Å². The first-order valence-corrected chi connectivity index (χ1v) is 6.25. The van der Waals surface area contributed by atoms with Crippen molar-refractivity contribution in [1.29, 1.82) is 0 Å². The summed E-state index contributed by atoms with van der Waals surface area (Å²) >= 11 is 2.03. The van der Waals surface area contributed by atoms with E-state index in [1.807, 2.05) is 18.7 Å². The maximum atomic E-state index is 5.65. The molecule has 1 fully saturated rings. The maximum Gasteiger partial charge on any atom is 0.131 e. The van der Waals surface area contributed by atoms with Crippen molar-refractivity contribution in [1.82, 2.24) is 9.97 Å². The van der Waals surface area contributed by atoms with Crippen LogP contribution in [0.25, 0.3) is 0 Å². The number of nitrogens with two attached hydrogens (primary N) is 1. The molecule has 0 saturated carbocycles. The van der Waals surface area contributed by atoms with Crippen molar-refractivity contribution in [2.45, 2.75) is 25.0 Å². The van der Waals surface area contributed by atoms with E-state index in [2.05, 4.69) is 15.3 Å². The third-order valence-electron chi connectivity index (χ3n) is 2.39. The minimum Gasteiger partial charge on any atom is -0.384 e. The molecule has 2 rings (SSSR count). The van der Waals surface area contributed by atoms with Gasteiger partial charge in [-0.25, -0.2) is 9.97 Å². The van der Waals surface area contributed by atoms with Crippen molar-refractivity contribution < 1.29 is 0 Å². The molecule has 0 bridgehead atoms. The fourth-order valence-corrected chi connectivity index (χ4v) is 2.91. The molecule has 1 aliphatic heterocycles. The number of aryl methyl sites for hydroxylation is 1. The van der Waals surface area contributed by atoms with Crippen molar-refractivity contribution in [2.24, 2.45) is 0 Å². The fraction of sp³-hybridized carbons (Fsp3) is 0.600. The van der Waals surface area contributed by atoms with Gasteiger partial charge in [0.2, 0.25) is 0 Å². The first-order valence-electron chi connectivity index (χ1n) is 5.20. The molecular weight excluding hydrogens is 208 g/mol. The molecule has 15 heavy (non-hydrogen) atoms. The number of anilines is 2. The molecule has 5 heteroatoms. The highest BCUT2D eigenvalue weighted by atomic mass is 32.2. The van der Waals surface area contributed by atoms with Crippen LogP contribution in [0.5, 0.6) is 0 Å². The van der Waals surface area contributed by atoms with E-state index in [0.717, 1.165) is 23.4 Å². The van der Waals surface area contributed by atoms with E-state index in [-0.39, 0.29) is 0 Å². The van der Waals surface area contributed by atoms with Crippen LogP contribution in [0, 0.1) is 6.92 Å². The molecular formula is C10H16N4S. The predicted molar refractivity (Wildman–Crippen MR) is 65.2 cm³/mol. The average Bonchev–Trinajstić information content (AvgIpc) is 2.65. The molecule has 1 atom stereocenters. The predicted octanol–water partition coefficient (Wildman–Crippen LogP) is 1.67. The van der Waals surface area contributed by atoms with Crippen molar-refractivity contribution >= 4 is 23.4 Å². The standard InChI is InChI=1S/C10H16N4S/c1-7-13-9(11)5-10(14-7)12-6-8-3-2-4-15-8/h5,8H,2-4,6H2,1H3,(H3,11,12,13,14). The molecule has 0 spiro atoms. The summed E-state index contributed by atoms with van der Waals surface area (Å²) in [6.07, 6.45) is 2.64. The molecule has 4 nitrogen and oxygen atoms in total. The number of aromatic nitrogens is 2. The largest absolute Gasteiger partial charge is 0.384 e. The van der Waals surface area contributed by atoms with E-state index in [4.69, 9.17) is 5.73 Å². The highest BCUT2D eigenvalue weighted by Crippen LogP contribution is 2.26. The van der Waals surface area contributed by atoms with Crippen LogP contribution in [0.4, 0.5) is 11.6 Å². The Hall–Kier alpha value is -0.970. The highest BCUT2D eigenvalue weighted by Gasteiger charge is 2.15. The zero-order valence-corrected chi connectivity index (χ0v) is 9.68. The van der Waals surface area contributed by atoms with Gasteiger partial charge in [0, 0.05) is 17.9 Å². The van der Waals surface area contributed by atoms with Crippen LogP contribution >= 0.6 is 11.8 Å². The summed E-state index contributed by atoms with van der Waals surface area (Å²) in [5.74, 6) is 3.38. The van der Waals surface area contributed by atoms with Crippen LogP contribution in [0.2, 0.25) is 0 Å². The second-order valence-corrected chi connectivity index (χ2v) is 5.15. The van der Waals surface area contributed by atoms with Crippen LogP contribution in [-0.2, 0) is 0 Å². The zero-order chi connectivity index (χ0) is 10.7. The molecule has 82 valence electrons. The number of nitrogens with zero attached hydrogens (tertiary/aromatic N) is 2. The number of thioether (sulfide) groups is 1. The molecule has 1 unspecified atom stereocenters. The van der Waals surface area contributed by atoms with Gasteiger partial charge in [-0.15, -0.1) is 0 Å². The lowest BCUT2D eigenvalue weighted by molar-refractivity contribution is 0.802. The fourth-order valence-electron chi connectivity index (χ4n) is 1.71. The third-order valence-corrected chi connectivity index (χ3v) is 3.79. The highest BCUT2D eigenvalue weighted by molar-refractivity contribution is 8.00. The molecule has 0 radical (unpaired) electrons. The van der Waals surface area contributed by atoms with Gasteiger partial charge in [0.05, 0.1) is 0 Å². The number of nitrogen functional groups attached to an aromatic ring is 1. The molecule has 2 heterocycles. The second-order valence-electron chi connectivity index (χ2n) is 3.74. The summed E-state index contributed by atoms with van der Waals surface area (Å²) in [5.41, 5.74) is 5.65. The van der Waals surface area contributed by atoms with Gasteiger partial charge in [0.25, 0.3) is 0 Å². The average molecular weight is 224 g/mol.